The summed E-state index contributed by atoms with van der Waals surface area (Å²) < 4.78 is 39.0. The second-order valence-corrected chi connectivity index (χ2v) is 5.54. The van der Waals surface area contributed by atoms with Crippen molar-refractivity contribution in [3.63, 3.8) is 0 Å². The van der Waals surface area contributed by atoms with Crippen LogP contribution in [-0.4, -0.2) is 7.25 Å². The predicted octanol–water partition coefficient (Wildman–Crippen LogP) is 6.46. The average Bonchev–Trinajstić information content (AvgIpc) is 2.39. The molecule has 0 atom stereocenters. The molecule has 11 radical (unpaired) electrons. The van der Waals surface area contributed by atoms with E-state index in [2.05, 4.69) is 66.2 Å². The third-order valence-electron chi connectivity index (χ3n) is 3.66. The molecule has 0 N–H and O–H groups in total. The first kappa shape index (κ1) is 26.7. The van der Waals surface area contributed by atoms with E-state index >= 15 is 0 Å². The summed E-state index contributed by atoms with van der Waals surface area (Å²) in [7, 11) is -6.00. The zero-order chi connectivity index (χ0) is 17.9. The molecule has 0 aromatic rings. The van der Waals surface area contributed by atoms with Crippen LogP contribution in [0.3, 0.4) is 0 Å². The van der Waals surface area contributed by atoms with Crippen LogP contribution in [0.5, 0.6) is 0 Å². The summed E-state index contributed by atoms with van der Waals surface area (Å²) in [6, 6.07) is 0. The summed E-state index contributed by atoms with van der Waals surface area (Å²) >= 11 is 0. The van der Waals surface area contributed by atoms with E-state index in [9.17, 15) is 17.3 Å². The Morgan fingerprint density at radius 1 is 0.625 bits per heavy atom. The Morgan fingerprint density at radius 3 is 1.04 bits per heavy atom. The van der Waals surface area contributed by atoms with Gasteiger partial charge in [-0.05, 0) is 87.9 Å². The van der Waals surface area contributed by atoms with Crippen molar-refractivity contribution in [3.05, 3.63) is 62.2 Å². The third-order valence-corrected chi connectivity index (χ3v) is 3.66. The van der Waals surface area contributed by atoms with Gasteiger partial charge in [-0.15, -0.1) is 0 Å². The monoisotopic (exact) mass is 522 g/mol. The Hall–Kier alpha value is 0.434. The van der Waals surface area contributed by atoms with Gasteiger partial charge in [-0.25, -0.2) is 0 Å². The van der Waals surface area contributed by atoms with E-state index in [1.165, 1.54) is 49.4 Å². The predicted molar refractivity (Wildman–Crippen MR) is 90.1 cm³/mol. The van der Waals surface area contributed by atoms with E-state index in [4.69, 9.17) is 0 Å². The minimum Gasteiger partial charge on any atom is -0.418 e. The zero-order valence-corrected chi connectivity index (χ0v) is 17.1. The first-order chi connectivity index (χ1) is 10.6. The summed E-state index contributed by atoms with van der Waals surface area (Å²) in [5, 5.41) is 0. The molecule has 139 valence electrons. The van der Waals surface area contributed by atoms with E-state index in [1.54, 1.807) is 0 Å². The molecule has 0 nitrogen and oxygen atoms in total. The Labute approximate surface area is 160 Å². The molecule has 2 rings (SSSR count). The van der Waals surface area contributed by atoms with Gasteiger partial charge in [-0.2, -0.15) is 0 Å². The summed E-state index contributed by atoms with van der Waals surface area (Å²) in [6.07, 6.45) is 18.4. The quantitative estimate of drug-likeness (QED) is 0.254. The van der Waals surface area contributed by atoms with Crippen molar-refractivity contribution in [1.29, 1.82) is 0 Å². The van der Waals surface area contributed by atoms with Crippen molar-refractivity contribution in [2.75, 3.05) is 0 Å². The standard InChI is InChI=1S/C10H14.C8H12.BF4.Ir/c1-7-5-6-8(2)10(4)9(7)3;1-2-4-6-8-7-5-3-1;2-1(3,4)5;/h5-6H,1-4H3;1-2,7-8H,3-6H2;;/q;;-1;. The second-order valence-electron chi connectivity index (χ2n) is 5.54. The number of halogens is 4. The van der Waals surface area contributed by atoms with Gasteiger partial charge < -0.3 is 17.3 Å². The smallest absolute Gasteiger partial charge is 0.418 e. The van der Waals surface area contributed by atoms with E-state index in [1.807, 2.05) is 0 Å². The minimum absolute atomic E-state index is 0. The molecule has 0 spiro atoms. The molecular weight excluding hydrogens is 495 g/mol. The van der Waals surface area contributed by atoms with Crippen molar-refractivity contribution in [2.24, 2.45) is 0 Å². The van der Waals surface area contributed by atoms with Crippen LogP contribution in [0.25, 0.3) is 0 Å². The average molecular weight is 521 g/mol. The fourth-order valence-electron chi connectivity index (χ4n) is 1.95. The van der Waals surface area contributed by atoms with Crippen LogP contribution in [0.2, 0.25) is 0 Å². The Kier molecular flexibility index (Phi) is 16.2. The molecule has 24 heavy (non-hydrogen) atoms. The zero-order valence-electron chi connectivity index (χ0n) is 14.7. The van der Waals surface area contributed by atoms with Crippen molar-refractivity contribution in [1.82, 2.24) is 0 Å². The molecular formula is C18H26BF4Ir-. The van der Waals surface area contributed by atoms with Gasteiger partial charge >= 0.3 is 7.25 Å². The van der Waals surface area contributed by atoms with Crippen molar-refractivity contribution in [3.8, 4) is 0 Å². The fourth-order valence-corrected chi connectivity index (χ4v) is 1.95. The number of rotatable bonds is 0. The molecule has 2 fully saturated rings. The molecule has 2 aliphatic carbocycles. The molecule has 0 aromatic heterocycles. The normalized spacial score (nSPS) is 22.0. The molecule has 6 heteroatoms. The van der Waals surface area contributed by atoms with Gasteiger partial charge in [-0.3, -0.25) is 0 Å². The molecule has 2 aliphatic rings. The van der Waals surface area contributed by atoms with Gasteiger partial charge in [0.15, 0.2) is 0 Å². The van der Waals surface area contributed by atoms with Gasteiger partial charge in [0.25, 0.3) is 0 Å². The summed E-state index contributed by atoms with van der Waals surface area (Å²) in [5.41, 5.74) is 0. The first-order valence-electron chi connectivity index (χ1n) is 7.83. The van der Waals surface area contributed by atoms with Gasteiger partial charge in [0, 0.05) is 20.1 Å². The summed E-state index contributed by atoms with van der Waals surface area (Å²) in [6.45, 7) is 8.67. The molecule has 0 unspecified atom stereocenters. The number of hydrogen-bond donors (Lipinski definition) is 0. The van der Waals surface area contributed by atoms with Crippen LogP contribution >= 0.6 is 0 Å². The van der Waals surface area contributed by atoms with Gasteiger partial charge in [0.1, 0.15) is 0 Å². The van der Waals surface area contributed by atoms with Crippen LogP contribution in [0.15, 0.2) is 0 Å². The third kappa shape index (κ3) is 15.9. The van der Waals surface area contributed by atoms with Crippen LogP contribution in [0, 0.1) is 62.2 Å². The number of hydrogen-bond acceptors (Lipinski definition) is 0. The van der Waals surface area contributed by atoms with Gasteiger partial charge in [-0.1, -0.05) is 27.7 Å². The van der Waals surface area contributed by atoms with Crippen molar-refractivity contribution >= 4 is 7.25 Å². The SMILES string of the molecule is C[C]1[CH][CH][C](C)[C](C)[C]1C.F[B-](F)(F)F.[CH]1[CH]CC[CH][CH]CC1.[Ir]. The van der Waals surface area contributed by atoms with Crippen LogP contribution < -0.4 is 0 Å². The molecule has 0 aromatic carbocycles. The molecule has 0 saturated heterocycles. The maximum atomic E-state index is 9.75. The van der Waals surface area contributed by atoms with Crippen molar-refractivity contribution < 1.29 is 37.4 Å². The van der Waals surface area contributed by atoms with Crippen molar-refractivity contribution in [2.45, 2.75) is 53.4 Å². The van der Waals surface area contributed by atoms with Gasteiger partial charge in [0.05, 0.1) is 0 Å². The summed E-state index contributed by atoms with van der Waals surface area (Å²) in [5.74, 6) is 5.64. The summed E-state index contributed by atoms with van der Waals surface area (Å²) in [4.78, 5) is 0. The van der Waals surface area contributed by atoms with Crippen LogP contribution in [0.4, 0.5) is 17.3 Å². The first-order valence-corrected chi connectivity index (χ1v) is 7.83. The van der Waals surface area contributed by atoms with Crippen LogP contribution in [0.1, 0.15) is 53.4 Å². The Morgan fingerprint density at radius 2 is 0.833 bits per heavy atom. The molecule has 0 aliphatic heterocycles. The molecule has 0 bridgehead atoms. The van der Waals surface area contributed by atoms with E-state index < -0.39 is 7.25 Å². The largest absolute Gasteiger partial charge is 0.673 e. The Balaban J connectivity index is 0. The maximum Gasteiger partial charge on any atom is 0.673 e. The van der Waals surface area contributed by atoms with E-state index in [0.717, 1.165) is 0 Å². The van der Waals surface area contributed by atoms with Gasteiger partial charge in [0.2, 0.25) is 0 Å². The van der Waals surface area contributed by atoms with Crippen LogP contribution in [-0.2, 0) is 20.1 Å². The van der Waals surface area contributed by atoms with E-state index in [-0.39, 0.29) is 20.1 Å². The minimum atomic E-state index is -6.00. The molecule has 0 amide bonds. The molecule has 0 heterocycles. The maximum absolute atomic E-state index is 9.75. The fraction of sp³-hybridized carbons (Fsp3) is 0.444. The van der Waals surface area contributed by atoms with E-state index in [0.29, 0.717) is 0 Å². The topological polar surface area (TPSA) is 0 Å². The second kappa shape index (κ2) is 14.6. The molecule has 2 saturated carbocycles. The Bertz CT molecular complexity index is 243.